The van der Waals surface area contributed by atoms with Gasteiger partial charge in [0.05, 0.1) is 0 Å². The van der Waals surface area contributed by atoms with Crippen LogP contribution in [0.25, 0.3) is 0 Å². The zero-order valence-corrected chi connectivity index (χ0v) is 7.54. The molecular formula is C8H16FP. The molecule has 10 heavy (non-hydrogen) atoms. The zero-order valence-electron chi connectivity index (χ0n) is 6.65. The van der Waals surface area contributed by atoms with Crippen LogP contribution >= 0.6 is 9.24 Å². The number of rotatable bonds is 6. The van der Waals surface area contributed by atoms with Crippen molar-refractivity contribution in [1.29, 1.82) is 0 Å². The van der Waals surface area contributed by atoms with Gasteiger partial charge < -0.3 is 0 Å². The Morgan fingerprint density at radius 3 is 2.30 bits per heavy atom. The Morgan fingerprint density at radius 1 is 1.20 bits per heavy atom. The Bertz CT molecular complexity index is 64.3. The van der Waals surface area contributed by atoms with E-state index in [1.807, 2.05) is 0 Å². The number of hydrogen-bond acceptors (Lipinski definition) is 0. The van der Waals surface area contributed by atoms with Gasteiger partial charge in [-0.2, -0.15) is 0 Å². The van der Waals surface area contributed by atoms with Crippen LogP contribution in [0.1, 0.15) is 45.4 Å². The summed E-state index contributed by atoms with van der Waals surface area (Å²) in [5.41, 5.74) is 0. The first kappa shape index (κ1) is 10.4. The third-order valence-electron chi connectivity index (χ3n) is 1.55. The Morgan fingerprint density at radius 2 is 1.80 bits per heavy atom. The van der Waals surface area contributed by atoms with Gasteiger partial charge in [0, 0.05) is 0 Å². The largest absolute Gasteiger partial charge is 0.242 e. The molecule has 0 amide bonds. The zero-order chi connectivity index (χ0) is 7.82. The van der Waals surface area contributed by atoms with Crippen molar-refractivity contribution in [1.82, 2.24) is 0 Å². The van der Waals surface area contributed by atoms with Crippen LogP contribution in [0, 0.1) is 0 Å². The molecule has 0 fully saturated rings. The van der Waals surface area contributed by atoms with Crippen LogP contribution in [0.5, 0.6) is 0 Å². The summed E-state index contributed by atoms with van der Waals surface area (Å²) in [6.45, 7) is 2.18. The second-order valence-electron chi connectivity index (χ2n) is 2.64. The molecule has 2 radical (unpaired) electrons. The maximum Gasteiger partial charge on any atom is 0.128 e. The molecule has 1 unspecified atom stereocenters. The molecule has 0 saturated heterocycles. The molecule has 0 nitrogen and oxygen atoms in total. The van der Waals surface area contributed by atoms with E-state index in [1.54, 1.807) is 0 Å². The summed E-state index contributed by atoms with van der Waals surface area (Å²) in [4.78, 5) is 0. The van der Waals surface area contributed by atoms with E-state index in [0.717, 1.165) is 12.8 Å². The molecule has 1 atom stereocenters. The lowest BCUT2D eigenvalue weighted by molar-refractivity contribution is 0.411. The average molecular weight is 162 g/mol. The van der Waals surface area contributed by atoms with E-state index in [9.17, 15) is 4.39 Å². The maximum atomic E-state index is 12.1. The van der Waals surface area contributed by atoms with Gasteiger partial charge in [-0.25, -0.2) is 4.39 Å². The highest BCUT2D eigenvalue weighted by atomic mass is 31.0. The van der Waals surface area contributed by atoms with Crippen molar-refractivity contribution >= 4 is 9.24 Å². The van der Waals surface area contributed by atoms with Gasteiger partial charge in [-0.1, -0.05) is 39.0 Å². The minimum atomic E-state index is -0.901. The van der Waals surface area contributed by atoms with Crippen LogP contribution in [0.4, 0.5) is 4.39 Å². The van der Waals surface area contributed by atoms with E-state index < -0.39 is 5.91 Å². The molecule has 0 aliphatic carbocycles. The van der Waals surface area contributed by atoms with Gasteiger partial charge in [-0.05, 0) is 15.7 Å². The molecule has 0 aromatic heterocycles. The third kappa shape index (κ3) is 8.36. The summed E-state index contributed by atoms with van der Waals surface area (Å²) >= 11 is 0. The van der Waals surface area contributed by atoms with E-state index in [-0.39, 0.29) is 0 Å². The molecule has 60 valence electrons. The minimum absolute atomic E-state index is 0.618. The van der Waals surface area contributed by atoms with Gasteiger partial charge in [-0.15, -0.1) is 0 Å². The van der Waals surface area contributed by atoms with E-state index >= 15 is 0 Å². The highest BCUT2D eigenvalue weighted by Gasteiger charge is 1.97. The summed E-state index contributed by atoms with van der Waals surface area (Å²) in [6, 6.07) is 0. The van der Waals surface area contributed by atoms with E-state index in [4.69, 9.17) is 0 Å². The SMILES string of the molecule is CCCCCCCC(F)[P]. The van der Waals surface area contributed by atoms with Crippen molar-refractivity contribution in [2.75, 3.05) is 0 Å². The standard InChI is InChI=1S/C8H16FP/c1-2-3-4-5-6-7-8(9)10/h8H,2-7H2,1H3. The molecule has 0 bridgehead atoms. The topological polar surface area (TPSA) is 0 Å². The molecule has 0 N–H and O–H groups in total. The Labute approximate surface area is 65.8 Å². The lowest BCUT2D eigenvalue weighted by Crippen LogP contribution is -1.86. The van der Waals surface area contributed by atoms with Gasteiger partial charge in [0.25, 0.3) is 0 Å². The van der Waals surface area contributed by atoms with Crippen molar-refractivity contribution in [3.8, 4) is 0 Å². The second kappa shape index (κ2) is 7.47. The van der Waals surface area contributed by atoms with Gasteiger partial charge in [0.1, 0.15) is 5.91 Å². The highest BCUT2D eigenvalue weighted by molar-refractivity contribution is 7.17. The molecule has 0 aliphatic rings. The van der Waals surface area contributed by atoms with Crippen molar-refractivity contribution in [3.05, 3.63) is 0 Å². The summed E-state index contributed by atoms with van der Waals surface area (Å²) in [5.74, 6) is -0.901. The van der Waals surface area contributed by atoms with Gasteiger partial charge in [0.15, 0.2) is 0 Å². The fourth-order valence-electron chi connectivity index (χ4n) is 0.916. The molecule has 0 heterocycles. The first-order chi connectivity index (χ1) is 4.77. The smallest absolute Gasteiger partial charge is 0.128 e. The monoisotopic (exact) mass is 162 g/mol. The Kier molecular flexibility index (Phi) is 7.74. The fourth-order valence-corrected chi connectivity index (χ4v) is 1.10. The highest BCUT2D eigenvalue weighted by Crippen LogP contribution is 2.12. The van der Waals surface area contributed by atoms with Crippen molar-refractivity contribution in [2.45, 2.75) is 51.4 Å². The number of hydrogen-bond donors (Lipinski definition) is 0. The molecule has 2 heteroatoms. The Hall–Kier alpha value is 0.360. The first-order valence-corrected chi connectivity index (χ1v) is 4.61. The van der Waals surface area contributed by atoms with Crippen molar-refractivity contribution in [3.63, 3.8) is 0 Å². The van der Waals surface area contributed by atoms with Gasteiger partial charge in [0.2, 0.25) is 0 Å². The third-order valence-corrected chi connectivity index (χ3v) is 1.80. The van der Waals surface area contributed by atoms with E-state index in [1.165, 1.54) is 19.3 Å². The lowest BCUT2D eigenvalue weighted by Gasteiger charge is -1.99. The van der Waals surface area contributed by atoms with Crippen LogP contribution in [0.3, 0.4) is 0 Å². The summed E-state index contributed by atoms with van der Waals surface area (Å²) in [6.07, 6.45) is 6.55. The fraction of sp³-hybridized carbons (Fsp3) is 1.00. The van der Waals surface area contributed by atoms with Crippen LogP contribution in [0.15, 0.2) is 0 Å². The summed E-state index contributed by atoms with van der Waals surface area (Å²) in [5, 5.41) is 0. The van der Waals surface area contributed by atoms with Gasteiger partial charge in [-0.3, -0.25) is 0 Å². The predicted molar refractivity (Wildman–Crippen MR) is 45.2 cm³/mol. The molecule has 0 aromatic rings. The maximum absolute atomic E-state index is 12.1. The van der Waals surface area contributed by atoms with Crippen molar-refractivity contribution in [2.24, 2.45) is 0 Å². The quantitative estimate of drug-likeness (QED) is 0.408. The summed E-state index contributed by atoms with van der Waals surface area (Å²) < 4.78 is 12.1. The van der Waals surface area contributed by atoms with Crippen LogP contribution in [0.2, 0.25) is 0 Å². The second-order valence-corrected chi connectivity index (χ2v) is 3.20. The number of alkyl halides is 1. The predicted octanol–water partition coefficient (Wildman–Crippen LogP) is 4.05. The van der Waals surface area contributed by atoms with Crippen molar-refractivity contribution < 1.29 is 4.39 Å². The Balaban J connectivity index is 2.77. The first-order valence-electron chi connectivity index (χ1n) is 4.09. The number of unbranched alkanes of at least 4 members (excludes halogenated alkanes) is 4. The van der Waals surface area contributed by atoms with E-state index in [0.29, 0.717) is 6.42 Å². The molecular weight excluding hydrogens is 146 g/mol. The molecule has 0 spiro atoms. The molecule has 0 saturated carbocycles. The van der Waals surface area contributed by atoms with Crippen LogP contribution in [-0.4, -0.2) is 5.91 Å². The average Bonchev–Trinajstić information content (AvgIpc) is 1.87. The summed E-state index contributed by atoms with van der Waals surface area (Å²) in [7, 11) is 3.66. The minimum Gasteiger partial charge on any atom is -0.242 e. The molecule has 0 rings (SSSR count). The number of halogens is 1. The molecule has 0 aliphatic heterocycles. The molecule has 0 aromatic carbocycles. The normalized spacial score (nSPS) is 13.5. The van der Waals surface area contributed by atoms with Crippen LogP contribution < -0.4 is 0 Å². The lowest BCUT2D eigenvalue weighted by atomic mass is 10.1. The van der Waals surface area contributed by atoms with Crippen LogP contribution in [-0.2, 0) is 0 Å². The van der Waals surface area contributed by atoms with E-state index in [2.05, 4.69) is 16.2 Å². The van der Waals surface area contributed by atoms with Gasteiger partial charge >= 0.3 is 0 Å².